The van der Waals surface area contributed by atoms with E-state index in [0.717, 1.165) is 28.8 Å². The lowest BCUT2D eigenvalue weighted by Crippen LogP contribution is -2.12. The van der Waals surface area contributed by atoms with Gasteiger partial charge in [0.25, 0.3) is 0 Å². The quantitative estimate of drug-likeness (QED) is 0.350. The third-order valence-electron chi connectivity index (χ3n) is 2.81. The number of ether oxygens (including phenoxy) is 3. The molecule has 1 atom stereocenters. The first-order valence-corrected chi connectivity index (χ1v) is 8.24. The molecule has 0 amide bonds. The van der Waals surface area contributed by atoms with Crippen LogP contribution in [0.5, 0.6) is 5.75 Å². The highest BCUT2D eigenvalue weighted by Gasteiger charge is 2.14. The van der Waals surface area contributed by atoms with Crippen LogP contribution in [-0.2, 0) is 9.47 Å². The Morgan fingerprint density at radius 2 is 1.95 bits per heavy atom. The van der Waals surface area contributed by atoms with Gasteiger partial charge in [-0.1, -0.05) is 54.1 Å². The highest BCUT2D eigenvalue weighted by Crippen LogP contribution is 2.28. The summed E-state index contributed by atoms with van der Waals surface area (Å²) in [6, 6.07) is 8.01. The molecule has 19 heavy (non-hydrogen) atoms. The Morgan fingerprint density at radius 1 is 1.16 bits per heavy atom. The highest BCUT2D eigenvalue weighted by molar-refractivity contribution is 14.1. The maximum atomic E-state index is 5.89. The van der Waals surface area contributed by atoms with Crippen LogP contribution in [0, 0.1) is 0 Å². The van der Waals surface area contributed by atoms with Gasteiger partial charge in [-0.2, -0.15) is 0 Å². The van der Waals surface area contributed by atoms with Crippen molar-refractivity contribution in [3.8, 4) is 5.75 Å². The number of para-hydroxylation sites is 1. The Balaban J connectivity index is 2.40. The molecule has 0 aliphatic heterocycles. The minimum absolute atomic E-state index is 0.0616. The second-order valence-corrected chi connectivity index (χ2v) is 5.10. The Hall–Kier alpha value is -0.330. The van der Waals surface area contributed by atoms with Crippen LogP contribution in [0.15, 0.2) is 24.3 Å². The maximum absolute atomic E-state index is 5.89. The molecule has 0 heterocycles. The van der Waals surface area contributed by atoms with Crippen LogP contribution in [0.2, 0.25) is 0 Å². The van der Waals surface area contributed by atoms with Gasteiger partial charge in [-0.15, -0.1) is 0 Å². The van der Waals surface area contributed by atoms with Crippen molar-refractivity contribution in [3.05, 3.63) is 29.8 Å². The van der Waals surface area contributed by atoms with Crippen LogP contribution in [0.25, 0.3) is 0 Å². The highest BCUT2D eigenvalue weighted by atomic mass is 127. The molecule has 1 aromatic rings. The number of benzene rings is 1. The Bertz CT molecular complexity index is 344. The van der Waals surface area contributed by atoms with E-state index in [0.29, 0.717) is 13.2 Å². The van der Waals surface area contributed by atoms with Crippen molar-refractivity contribution < 1.29 is 14.2 Å². The topological polar surface area (TPSA) is 27.7 Å². The molecule has 0 fully saturated rings. The molecule has 3 nitrogen and oxygen atoms in total. The molecule has 0 spiro atoms. The molecule has 1 rings (SSSR count). The summed E-state index contributed by atoms with van der Waals surface area (Å²) in [5.41, 5.74) is 1.10. The first kappa shape index (κ1) is 16.7. The standard InChI is InChI=1S/C15H23IO3/c1-3-4-9-18-10-11-19-15(12-16)13-7-5-6-8-14(13)17-2/h5-8,15H,3-4,9-12H2,1-2H3. The van der Waals surface area contributed by atoms with Crippen LogP contribution < -0.4 is 4.74 Å². The molecule has 0 aliphatic carbocycles. The van der Waals surface area contributed by atoms with Gasteiger partial charge >= 0.3 is 0 Å². The van der Waals surface area contributed by atoms with Crippen LogP contribution in [0.3, 0.4) is 0 Å². The van der Waals surface area contributed by atoms with E-state index in [9.17, 15) is 0 Å². The van der Waals surface area contributed by atoms with E-state index >= 15 is 0 Å². The number of methoxy groups -OCH3 is 1. The molecule has 0 radical (unpaired) electrons. The fourth-order valence-electron chi connectivity index (χ4n) is 1.75. The van der Waals surface area contributed by atoms with Gasteiger partial charge in [0, 0.05) is 16.6 Å². The third kappa shape index (κ3) is 6.10. The molecular formula is C15H23IO3. The summed E-state index contributed by atoms with van der Waals surface area (Å²) < 4.78 is 17.7. The first-order valence-electron chi connectivity index (χ1n) is 6.71. The predicted molar refractivity (Wildman–Crippen MR) is 86.3 cm³/mol. The number of unbranched alkanes of at least 4 members (excludes halogenated alkanes) is 1. The van der Waals surface area contributed by atoms with Crippen molar-refractivity contribution in [1.29, 1.82) is 0 Å². The van der Waals surface area contributed by atoms with E-state index in [4.69, 9.17) is 14.2 Å². The molecule has 4 heteroatoms. The zero-order chi connectivity index (χ0) is 13.9. The molecule has 0 bridgehead atoms. The van der Waals surface area contributed by atoms with Crippen LogP contribution in [0.1, 0.15) is 31.4 Å². The summed E-state index contributed by atoms with van der Waals surface area (Å²) in [7, 11) is 1.69. The van der Waals surface area contributed by atoms with Gasteiger partial charge < -0.3 is 14.2 Å². The molecule has 108 valence electrons. The number of rotatable bonds is 10. The van der Waals surface area contributed by atoms with E-state index in [-0.39, 0.29) is 6.10 Å². The van der Waals surface area contributed by atoms with E-state index in [1.165, 1.54) is 6.42 Å². The average molecular weight is 378 g/mol. The van der Waals surface area contributed by atoms with Crippen molar-refractivity contribution in [2.24, 2.45) is 0 Å². The van der Waals surface area contributed by atoms with Gasteiger partial charge in [-0.05, 0) is 12.5 Å². The number of hydrogen-bond donors (Lipinski definition) is 0. The second-order valence-electron chi connectivity index (χ2n) is 4.22. The number of alkyl halides is 1. The minimum atomic E-state index is 0.0616. The van der Waals surface area contributed by atoms with Gasteiger partial charge in [-0.3, -0.25) is 0 Å². The largest absolute Gasteiger partial charge is 0.496 e. The summed E-state index contributed by atoms with van der Waals surface area (Å²) in [4.78, 5) is 0. The van der Waals surface area contributed by atoms with Crippen molar-refractivity contribution in [2.75, 3.05) is 31.4 Å². The van der Waals surface area contributed by atoms with Crippen molar-refractivity contribution >= 4 is 22.6 Å². The lowest BCUT2D eigenvalue weighted by atomic mass is 10.1. The van der Waals surface area contributed by atoms with Gasteiger partial charge in [0.2, 0.25) is 0 Å². The fourth-order valence-corrected chi connectivity index (χ4v) is 2.48. The zero-order valence-corrected chi connectivity index (χ0v) is 13.9. The maximum Gasteiger partial charge on any atom is 0.124 e. The molecular weight excluding hydrogens is 355 g/mol. The summed E-state index contributed by atoms with van der Waals surface area (Å²) in [6.45, 7) is 4.26. The average Bonchev–Trinajstić information content (AvgIpc) is 2.47. The summed E-state index contributed by atoms with van der Waals surface area (Å²) in [6.07, 6.45) is 2.34. The number of halogens is 1. The van der Waals surface area contributed by atoms with Crippen LogP contribution >= 0.6 is 22.6 Å². The van der Waals surface area contributed by atoms with Gasteiger partial charge in [0.1, 0.15) is 5.75 Å². The molecule has 1 unspecified atom stereocenters. The van der Waals surface area contributed by atoms with Crippen LogP contribution in [0.4, 0.5) is 0 Å². The lowest BCUT2D eigenvalue weighted by Gasteiger charge is -2.18. The number of hydrogen-bond acceptors (Lipinski definition) is 3. The second kappa shape index (κ2) is 10.5. The molecule has 0 aromatic heterocycles. The summed E-state index contributed by atoms with van der Waals surface area (Å²) in [5, 5.41) is 0. The molecule has 1 aromatic carbocycles. The lowest BCUT2D eigenvalue weighted by molar-refractivity contribution is 0.0131. The van der Waals surface area contributed by atoms with Crippen LogP contribution in [-0.4, -0.2) is 31.4 Å². The van der Waals surface area contributed by atoms with Gasteiger partial charge in [0.05, 0.1) is 26.4 Å². The molecule has 0 saturated carbocycles. The van der Waals surface area contributed by atoms with Crippen molar-refractivity contribution in [1.82, 2.24) is 0 Å². The van der Waals surface area contributed by atoms with E-state index in [1.54, 1.807) is 7.11 Å². The monoisotopic (exact) mass is 378 g/mol. The Kier molecular flexibility index (Phi) is 9.20. The Labute approximate surface area is 129 Å². The van der Waals surface area contributed by atoms with E-state index < -0.39 is 0 Å². The SMILES string of the molecule is CCCCOCCOC(CI)c1ccccc1OC. The smallest absolute Gasteiger partial charge is 0.124 e. The van der Waals surface area contributed by atoms with Crippen molar-refractivity contribution in [3.63, 3.8) is 0 Å². The summed E-state index contributed by atoms with van der Waals surface area (Å²) in [5.74, 6) is 0.885. The molecule has 0 N–H and O–H groups in total. The summed E-state index contributed by atoms with van der Waals surface area (Å²) >= 11 is 2.34. The van der Waals surface area contributed by atoms with Gasteiger partial charge in [0.15, 0.2) is 0 Å². The Morgan fingerprint density at radius 3 is 2.63 bits per heavy atom. The zero-order valence-electron chi connectivity index (χ0n) is 11.7. The molecule has 0 aliphatic rings. The van der Waals surface area contributed by atoms with Gasteiger partial charge in [-0.25, -0.2) is 0 Å². The first-order chi connectivity index (χ1) is 9.33. The van der Waals surface area contributed by atoms with Crippen molar-refractivity contribution in [2.45, 2.75) is 25.9 Å². The van der Waals surface area contributed by atoms with E-state index in [2.05, 4.69) is 35.6 Å². The fraction of sp³-hybridized carbons (Fsp3) is 0.600. The minimum Gasteiger partial charge on any atom is -0.496 e. The normalized spacial score (nSPS) is 12.4. The molecule has 0 saturated heterocycles. The third-order valence-corrected chi connectivity index (χ3v) is 3.61. The van der Waals surface area contributed by atoms with E-state index in [1.807, 2.05) is 18.2 Å². The predicted octanol–water partition coefficient (Wildman–Crippen LogP) is 4.00.